The van der Waals surface area contributed by atoms with Crippen LogP contribution in [0.1, 0.15) is 24.2 Å². The number of aliphatic carboxylic acids is 1. The maximum atomic E-state index is 12.6. The number of alkyl halides is 4. The van der Waals surface area contributed by atoms with Crippen LogP contribution in [0.3, 0.4) is 0 Å². The van der Waals surface area contributed by atoms with Crippen LogP contribution in [0, 0.1) is 10.1 Å². The highest BCUT2D eigenvalue weighted by atomic mass is 19.3. The Morgan fingerprint density at radius 2 is 1.94 bits per heavy atom. The van der Waals surface area contributed by atoms with Crippen LogP contribution in [0.4, 0.5) is 23.2 Å². The molecule has 18 heavy (non-hydrogen) atoms. The summed E-state index contributed by atoms with van der Waals surface area (Å²) in [6.07, 6.45) is -6.96. The summed E-state index contributed by atoms with van der Waals surface area (Å²) in [7, 11) is 0. The lowest BCUT2D eigenvalue weighted by atomic mass is 10.3. The van der Waals surface area contributed by atoms with Gasteiger partial charge in [-0.3, -0.25) is 14.9 Å². The van der Waals surface area contributed by atoms with Crippen LogP contribution in [0.25, 0.3) is 0 Å². The largest absolute Gasteiger partial charge is 0.480 e. The highest BCUT2D eigenvalue weighted by Crippen LogP contribution is 2.36. The van der Waals surface area contributed by atoms with E-state index < -0.39 is 47.4 Å². The van der Waals surface area contributed by atoms with E-state index in [1.165, 1.54) is 0 Å². The fourth-order valence-corrected chi connectivity index (χ4v) is 1.28. The van der Waals surface area contributed by atoms with Crippen LogP contribution in [0.15, 0.2) is 0 Å². The van der Waals surface area contributed by atoms with Crippen molar-refractivity contribution in [3.05, 3.63) is 21.5 Å². The van der Waals surface area contributed by atoms with Crippen molar-refractivity contribution in [2.45, 2.75) is 19.4 Å². The third-order valence-electron chi connectivity index (χ3n) is 1.87. The molecule has 0 atom stereocenters. The number of nitrogens with zero attached hydrogens (tertiary/aromatic N) is 3. The lowest BCUT2D eigenvalue weighted by molar-refractivity contribution is -0.387. The van der Waals surface area contributed by atoms with E-state index in [9.17, 15) is 32.5 Å². The topological polar surface area (TPSA) is 98.3 Å². The number of carboxylic acid groups (broad SMARTS) is 1. The summed E-state index contributed by atoms with van der Waals surface area (Å²) < 4.78 is 50.0. The van der Waals surface area contributed by atoms with E-state index in [-0.39, 0.29) is 4.68 Å². The number of aromatic nitrogens is 2. The zero-order chi connectivity index (χ0) is 14.0. The van der Waals surface area contributed by atoms with E-state index in [1.807, 2.05) is 0 Å². The van der Waals surface area contributed by atoms with Gasteiger partial charge in [-0.2, -0.15) is 5.10 Å². The van der Waals surface area contributed by atoms with E-state index in [1.54, 1.807) is 0 Å². The summed E-state index contributed by atoms with van der Waals surface area (Å²) in [5.74, 6) is -1.64. The maximum Gasteiger partial charge on any atom is 0.325 e. The maximum absolute atomic E-state index is 12.6. The molecule has 0 saturated carbocycles. The smallest absolute Gasteiger partial charge is 0.325 e. The van der Waals surface area contributed by atoms with Crippen LogP contribution in [0.5, 0.6) is 0 Å². The van der Waals surface area contributed by atoms with E-state index in [4.69, 9.17) is 5.11 Å². The third kappa shape index (κ3) is 2.55. The number of nitro groups is 1. The molecule has 1 N–H and O–H groups in total. The first-order valence-electron chi connectivity index (χ1n) is 4.28. The molecule has 1 heterocycles. The normalized spacial score (nSPS) is 11.2. The van der Waals surface area contributed by atoms with Crippen molar-refractivity contribution in [2.75, 3.05) is 0 Å². The molecule has 0 amide bonds. The van der Waals surface area contributed by atoms with Gasteiger partial charge in [0.2, 0.25) is 5.69 Å². The predicted molar refractivity (Wildman–Crippen MR) is 46.4 cm³/mol. The van der Waals surface area contributed by atoms with E-state index >= 15 is 0 Å². The molecule has 0 aliphatic heterocycles. The van der Waals surface area contributed by atoms with Crippen molar-refractivity contribution < 1.29 is 32.4 Å². The fraction of sp³-hybridized carbons (Fsp3) is 0.429. The molecule has 100 valence electrons. The van der Waals surface area contributed by atoms with Gasteiger partial charge in [0.25, 0.3) is 12.9 Å². The molecular weight excluding hydrogens is 266 g/mol. The van der Waals surface area contributed by atoms with Crippen molar-refractivity contribution in [3.63, 3.8) is 0 Å². The average Bonchev–Trinajstić information content (AvgIpc) is 2.55. The molecule has 0 radical (unpaired) electrons. The number of halogens is 4. The monoisotopic (exact) mass is 271 g/mol. The lowest BCUT2D eigenvalue weighted by Crippen LogP contribution is -2.13. The SMILES string of the molecule is O=C(O)Cn1nc(C(F)F)c([N+](=O)[O-])c1C(F)F. The fourth-order valence-electron chi connectivity index (χ4n) is 1.28. The van der Waals surface area contributed by atoms with Gasteiger partial charge in [-0.15, -0.1) is 0 Å². The summed E-state index contributed by atoms with van der Waals surface area (Å²) >= 11 is 0. The third-order valence-corrected chi connectivity index (χ3v) is 1.87. The highest BCUT2D eigenvalue weighted by molar-refractivity contribution is 5.66. The molecular formula is C7H5F4N3O4. The second kappa shape index (κ2) is 4.98. The van der Waals surface area contributed by atoms with Gasteiger partial charge < -0.3 is 5.11 Å². The number of carboxylic acids is 1. The van der Waals surface area contributed by atoms with Gasteiger partial charge in [-0.1, -0.05) is 0 Å². The number of rotatable bonds is 5. The highest BCUT2D eigenvalue weighted by Gasteiger charge is 2.37. The Labute approximate surface area is 95.8 Å². The van der Waals surface area contributed by atoms with Gasteiger partial charge in [-0.05, 0) is 0 Å². The Balaban J connectivity index is 3.48. The van der Waals surface area contributed by atoms with Gasteiger partial charge >= 0.3 is 11.7 Å². The molecule has 0 aliphatic rings. The van der Waals surface area contributed by atoms with Gasteiger partial charge in [0.15, 0.2) is 5.69 Å². The predicted octanol–water partition coefficient (Wildman–Crippen LogP) is 1.75. The Morgan fingerprint density at radius 3 is 2.28 bits per heavy atom. The van der Waals surface area contributed by atoms with E-state index in [2.05, 4.69) is 5.10 Å². The average molecular weight is 271 g/mol. The molecule has 0 spiro atoms. The molecule has 11 heteroatoms. The van der Waals surface area contributed by atoms with E-state index in [0.29, 0.717) is 0 Å². The molecule has 1 aromatic heterocycles. The zero-order valence-electron chi connectivity index (χ0n) is 8.39. The summed E-state index contributed by atoms with van der Waals surface area (Å²) in [4.78, 5) is 19.4. The summed E-state index contributed by atoms with van der Waals surface area (Å²) in [6, 6.07) is 0. The Morgan fingerprint density at radius 1 is 1.39 bits per heavy atom. The number of hydrogen-bond acceptors (Lipinski definition) is 4. The zero-order valence-corrected chi connectivity index (χ0v) is 8.39. The van der Waals surface area contributed by atoms with Crippen LogP contribution in [-0.4, -0.2) is 25.8 Å². The molecule has 0 saturated heterocycles. The van der Waals surface area contributed by atoms with E-state index in [0.717, 1.165) is 0 Å². The molecule has 0 fully saturated rings. The Bertz CT molecular complexity index is 487. The second-order valence-electron chi connectivity index (χ2n) is 3.03. The van der Waals surface area contributed by atoms with Gasteiger partial charge in [0.05, 0.1) is 4.92 Å². The van der Waals surface area contributed by atoms with Crippen molar-refractivity contribution in [2.24, 2.45) is 0 Å². The Hall–Kier alpha value is -2.20. The van der Waals surface area contributed by atoms with Crippen LogP contribution in [-0.2, 0) is 11.3 Å². The molecule has 1 rings (SSSR count). The first-order chi connectivity index (χ1) is 8.25. The van der Waals surface area contributed by atoms with Crippen molar-refractivity contribution >= 4 is 11.7 Å². The second-order valence-corrected chi connectivity index (χ2v) is 3.03. The first kappa shape index (κ1) is 13.9. The van der Waals surface area contributed by atoms with Crippen LogP contribution in [0.2, 0.25) is 0 Å². The molecule has 7 nitrogen and oxygen atoms in total. The first-order valence-corrected chi connectivity index (χ1v) is 4.28. The van der Waals surface area contributed by atoms with Gasteiger partial charge in [-0.25, -0.2) is 22.2 Å². The minimum atomic E-state index is -3.50. The minimum absolute atomic E-state index is 0.00731. The summed E-state index contributed by atoms with van der Waals surface area (Å²) in [6.45, 7) is -1.17. The minimum Gasteiger partial charge on any atom is -0.480 e. The van der Waals surface area contributed by atoms with Crippen molar-refractivity contribution in [3.8, 4) is 0 Å². The summed E-state index contributed by atoms with van der Waals surface area (Å²) in [5.41, 5.74) is -4.48. The molecule has 0 bridgehead atoms. The van der Waals surface area contributed by atoms with Crippen molar-refractivity contribution in [1.82, 2.24) is 9.78 Å². The quantitative estimate of drug-likeness (QED) is 0.499. The number of carbonyl (C=O) groups is 1. The summed E-state index contributed by atoms with van der Waals surface area (Å²) in [5, 5.41) is 21.7. The van der Waals surface area contributed by atoms with Gasteiger partial charge in [0, 0.05) is 0 Å². The Kier molecular flexibility index (Phi) is 3.83. The van der Waals surface area contributed by atoms with Crippen LogP contribution < -0.4 is 0 Å². The van der Waals surface area contributed by atoms with Crippen molar-refractivity contribution in [1.29, 1.82) is 0 Å². The van der Waals surface area contributed by atoms with Crippen LogP contribution >= 0.6 is 0 Å². The molecule has 1 aromatic rings. The number of hydrogen-bond donors (Lipinski definition) is 1. The van der Waals surface area contributed by atoms with Gasteiger partial charge in [0.1, 0.15) is 6.54 Å². The standard InChI is InChI=1S/C7H5F4N3O4/c8-6(9)3-4(14(17)18)5(7(10)11)13(12-3)1-2(15)16/h6-7H,1H2,(H,15,16). The molecule has 0 aliphatic carbocycles. The molecule has 0 aromatic carbocycles. The molecule has 0 unspecified atom stereocenters. The lowest BCUT2D eigenvalue weighted by Gasteiger charge is -2.01.